The van der Waals surface area contributed by atoms with Gasteiger partial charge in [-0.2, -0.15) is 39.5 Å². The van der Waals surface area contributed by atoms with Crippen molar-refractivity contribution < 1.29 is 49.4 Å². The van der Waals surface area contributed by atoms with Crippen LogP contribution in [0.3, 0.4) is 0 Å². The van der Waals surface area contributed by atoms with E-state index in [9.17, 15) is 44.3 Å². The van der Waals surface area contributed by atoms with Crippen molar-refractivity contribution in [1.82, 2.24) is 0 Å². The normalized spacial score (nSPS) is 17.8. The van der Waals surface area contributed by atoms with E-state index in [0.29, 0.717) is 0 Å². The van der Waals surface area contributed by atoms with Crippen molar-refractivity contribution >= 4 is 5.97 Å². The SMILES string of the molecule is CC(C(N)C(=O)O)C(C(F)(F)F)(C(F)(F)F)C(F)(F)F. The van der Waals surface area contributed by atoms with Crippen molar-refractivity contribution in [2.45, 2.75) is 31.5 Å². The molecule has 0 amide bonds. The molecule has 0 aromatic carbocycles. The van der Waals surface area contributed by atoms with Gasteiger partial charge in [-0.1, -0.05) is 6.92 Å². The Hall–Kier alpha value is -1.20. The van der Waals surface area contributed by atoms with Gasteiger partial charge in [0.1, 0.15) is 6.04 Å². The molecule has 0 fully saturated rings. The van der Waals surface area contributed by atoms with Gasteiger partial charge in [-0.05, 0) is 0 Å². The zero-order valence-electron chi connectivity index (χ0n) is 9.49. The van der Waals surface area contributed by atoms with Gasteiger partial charge in [-0.25, -0.2) is 0 Å². The van der Waals surface area contributed by atoms with Crippen LogP contribution in [0, 0.1) is 11.3 Å². The second kappa shape index (κ2) is 4.97. The summed E-state index contributed by atoms with van der Waals surface area (Å²) in [6.07, 6.45) is -20.5. The van der Waals surface area contributed by atoms with E-state index >= 15 is 0 Å². The van der Waals surface area contributed by atoms with E-state index in [0.717, 1.165) is 0 Å². The minimum absolute atomic E-state index is 0.159. The van der Waals surface area contributed by atoms with Crippen LogP contribution in [-0.2, 0) is 4.79 Å². The summed E-state index contributed by atoms with van der Waals surface area (Å²) in [6, 6.07) is -3.01. The summed E-state index contributed by atoms with van der Waals surface area (Å²) in [6.45, 7) is -0.159. The van der Waals surface area contributed by atoms with Crippen LogP contribution < -0.4 is 5.73 Å². The lowest BCUT2D eigenvalue weighted by Crippen LogP contribution is -2.66. The molecule has 2 unspecified atom stereocenters. The van der Waals surface area contributed by atoms with Crippen LogP contribution in [0.1, 0.15) is 6.92 Å². The van der Waals surface area contributed by atoms with Crippen molar-refractivity contribution in [2.24, 2.45) is 17.1 Å². The van der Waals surface area contributed by atoms with Crippen LogP contribution in [0.2, 0.25) is 0 Å². The summed E-state index contributed by atoms with van der Waals surface area (Å²) < 4.78 is 113. The summed E-state index contributed by atoms with van der Waals surface area (Å²) in [5, 5.41) is 8.29. The zero-order valence-corrected chi connectivity index (χ0v) is 9.49. The van der Waals surface area contributed by atoms with Crippen molar-refractivity contribution in [3.63, 3.8) is 0 Å². The van der Waals surface area contributed by atoms with Crippen molar-refractivity contribution in [3.05, 3.63) is 0 Å². The lowest BCUT2D eigenvalue weighted by Gasteiger charge is -2.43. The van der Waals surface area contributed by atoms with Gasteiger partial charge in [0.25, 0.3) is 5.41 Å². The van der Waals surface area contributed by atoms with E-state index in [-0.39, 0.29) is 6.92 Å². The number of halogens is 9. The number of carboxylic acid groups (broad SMARTS) is 1. The summed E-state index contributed by atoms with van der Waals surface area (Å²) in [4.78, 5) is 10.3. The molecule has 3 N–H and O–H groups in total. The second-order valence-electron chi connectivity index (χ2n) is 3.95. The predicted octanol–water partition coefficient (Wildman–Crippen LogP) is 2.71. The Balaban J connectivity index is 6.41. The van der Waals surface area contributed by atoms with E-state index in [4.69, 9.17) is 5.11 Å². The van der Waals surface area contributed by atoms with Crippen LogP contribution >= 0.6 is 0 Å². The number of alkyl halides is 9. The third kappa shape index (κ3) is 2.65. The van der Waals surface area contributed by atoms with E-state index in [1.807, 2.05) is 0 Å². The van der Waals surface area contributed by atoms with Crippen LogP contribution in [0.5, 0.6) is 0 Å². The summed E-state index contributed by atoms with van der Waals surface area (Å²) in [5.41, 5.74) is -1.69. The fraction of sp³-hybridized carbons (Fsp3) is 0.875. The first-order valence-electron chi connectivity index (χ1n) is 4.70. The number of carboxylic acids is 1. The average molecular weight is 321 g/mol. The van der Waals surface area contributed by atoms with E-state index in [2.05, 4.69) is 5.73 Å². The number of carbonyl (C=O) groups is 1. The molecular formula is C8H8F9NO2. The molecule has 120 valence electrons. The fourth-order valence-electron chi connectivity index (χ4n) is 1.74. The minimum Gasteiger partial charge on any atom is -0.480 e. The molecule has 2 atom stereocenters. The highest BCUT2D eigenvalue weighted by Gasteiger charge is 2.86. The highest BCUT2D eigenvalue weighted by Crippen LogP contribution is 2.63. The van der Waals surface area contributed by atoms with Crippen molar-refractivity contribution in [2.75, 3.05) is 0 Å². The molecule has 20 heavy (non-hydrogen) atoms. The second-order valence-corrected chi connectivity index (χ2v) is 3.95. The Bertz CT molecular complexity index is 334. The number of nitrogens with two attached hydrogens (primary N) is 1. The first kappa shape index (κ1) is 18.8. The Morgan fingerprint density at radius 3 is 1.30 bits per heavy atom. The smallest absolute Gasteiger partial charge is 0.412 e. The Morgan fingerprint density at radius 1 is 0.900 bits per heavy atom. The highest BCUT2D eigenvalue weighted by atomic mass is 19.4. The van der Waals surface area contributed by atoms with Gasteiger partial charge in [0.15, 0.2) is 0 Å². The van der Waals surface area contributed by atoms with Crippen LogP contribution in [0.4, 0.5) is 39.5 Å². The molecule has 0 aliphatic carbocycles. The summed E-state index contributed by atoms with van der Waals surface area (Å²) in [7, 11) is 0. The standard InChI is InChI=1S/C8H8F9NO2/c1-2(3(18)4(19)20)5(6(9,10)11,7(12,13)14)8(15,16)17/h2-3H,18H2,1H3,(H,19,20). The first-order valence-corrected chi connectivity index (χ1v) is 4.70. The molecule has 0 spiro atoms. The molecule has 0 aromatic rings. The zero-order chi connectivity index (χ0) is 16.7. The highest BCUT2D eigenvalue weighted by molar-refractivity contribution is 5.73. The number of rotatable bonds is 3. The van der Waals surface area contributed by atoms with Gasteiger partial charge in [-0.15, -0.1) is 0 Å². The lowest BCUT2D eigenvalue weighted by molar-refractivity contribution is -0.442. The van der Waals surface area contributed by atoms with Gasteiger partial charge in [0, 0.05) is 5.92 Å². The van der Waals surface area contributed by atoms with Crippen LogP contribution in [-0.4, -0.2) is 35.6 Å². The summed E-state index contributed by atoms with van der Waals surface area (Å²) >= 11 is 0. The monoisotopic (exact) mass is 321 g/mol. The Labute approximate surface area is 105 Å². The van der Waals surface area contributed by atoms with Gasteiger partial charge in [0.05, 0.1) is 0 Å². The molecule has 0 heterocycles. The largest absolute Gasteiger partial charge is 0.480 e. The Kier molecular flexibility index (Phi) is 4.67. The molecule has 0 aliphatic rings. The molecule has 12 heteroatoms. The molecular weight excluding hydrogens is 313 g/mol. The molecule has 0 saturated heterocycles. The van der Waals surface area contributed by atoms with Gasteiger partial charge >= 0.3 is 24.5 Å². The maximum absolute atomic E-state index is 12.6. The van der Waals surface area contributed by atoms with Gasteiger partial charge in [-0.3, -0.25) is 4.79 Å². The molecule has 0 saturated carbocycles. The van der Waals surface area contributed by atoms with Crippen LogP contribution in [0.15, 0.2) is 0 Å². The quantitative estimate of drug-likeness (QED) is 0.786. The van der Waals surface area contributed by atoms with E-state index < -0.39 is 41.9 Å². The Morgan fingerprint density at radius 2 is 1.15 bits per heavy atom. The van der Waals surface area contributed by atoms with E-state index in [1.54, 1.807) is 0 Å². The topological polar surface area (TPSA) is 63.3 Å². The number of aliphatic carboxylic acids is 1. The predicted molar refractivity (Wildman–Crippen MR) is 45.4 cm³/mol. The molecule has 0 bridgehead atoms. The third-order valence-corrected chi connectivity index (χ3v) is 2.85. The first-order chi connectivity index (χ1) is 8.51. The molecule has 3 nitrogen and oxygen atoms in total. The maximum Gasteiger partial charge on any atom is 0.412 e. The van der Waals surface area contributed by atoms with Gasteiger partial charge < -0.3 is 10.8 Å². The molecule has 0 rings (SSSR count). The fourth-order valence-corrected chi connectivity index (χ4v) is 1.74. The van der Waals surface area contributed by atoms with E-state index in [1.165, 1.54) is 0 Å². The minimum atomic E-state index is -6.82. The number of hydrogen-bond donors (Lipinski definition) is 2. The van der Waals surface area contributed by atoms with Gasteiger partial charge in [0.2, 0.25) is 0 Å². The summed E-state index contributed by atoms with van der Waals surface area (Å²) in [5.74, 6) is -5.93. The molecule has 0 aromatic heterocycles. The maximum atomic E-state index is 12.6. The average Bonchev–Trinajstić information content (AvgIpc) is 2.09. The van der Waals surface area contributed by atoms with Crippen molar-refractivity contribution in [1.29, 1.82) is 0 Å². The number of hydrogen-bond acceptors (Lipinski definition) is 2. The molecule has 0 radical (unpaired) electrons. The third-order valence-electron chi connectivity index (χ3n) is 2.85. The van der Waals surface area contributed by atoms with Crippen LogP contribution in [0.25, 0.3) is 0 Å². The van der Waals surface area contributed by atoms with Crippen molar-refractivity contribution in [3.8, 4) is 0 Å². The lowest BCUT2D eigenvalue weighted by atomic mass is 9.70. The molecule has 0 aliphatic heterocycles.